The molecule has 2 N–H and O–H groups in total. The van der Waals surface area contributed by atoms with Crippen molar-refractivity contribution in [2.75, 3.05) is 24.5 Å². The van der Waals surface area contributed by atoms with Gasteiger partial charge in [-0.1, -0.05) is 6.07 Å². The molecule has 2 aromatic rings. The molecule has 1 atom stereocenters. The summed E-state index contributed by atoms with van der Waals surface area (Å²) < 4.78 is 5.32. The van der Waals surface area contributed by atoms with Crippen LogP contribution in [0.5, 0.6) is 5.75 Å². The average molecular weight is 413 g/mol. The molecule has 1 aliphatic heterocycles. The second-order valence-electron chi connectivity index (χ2n) is 9.09. The summed E-state index contributed by atoms with van der Waals surface area (Å²) in [6.45, 7) is 11.8. The van der Waals surface area contributed by atoms with Crippen LogP contribution in [0, 0.1) is 19.8 Å². The van der Waals surface area contributed by atoms with E-state index in [-0.39, 0.29) is 11.8 Å². The Morgan fingerprint density at radius 3 is 2.67 bits per heavy atom. The van der Waals surface area contributed by atoms with E-state index in [4.69, 9.17) is 4.74 Å². The molecule has 1 amide bonds. The maximum absolute atomic E-state index is 11.9. The zero-order chi connectivity index (χ0) is 21.9. The zero-order valence-electron chi connectivity index (χ0n) is 18.5. The van der Waals surface area contributed by atoms with E-state index in [0.717, 1.165) is 48.4 Å². The number of anilines is 1. The number of ether oxygens (including phenoxy) is 1. The topological polar surface area (TPSA) is 87.6 Å². The van der Waals surface area contributed by atoms with Gasteiger partial charge in [-0.15, -0.1) is 10.2 Å². The van der Waals surface area contributed by atoms with Crippen molar-refractivity contribution in [3.63, 3.8) is 0 Å². The minimum Gasteiger partial charge on any atom is -0.507 e. The lowest BCUT2D eigenvalue weighted by molar-refractivity contribution is 0.0517. The first-order valence-electron chi connectivity index (χ1n) is 10.5. The zero-order valence-corrected chi connectivity index (χ0v) is 18.5. The fourth-order valence-electron chi connectivity index (χ4n) is 3.89. The van der Waals surface area contributed by atoms with Gasteiger partial charge in [0.15, 0.2) is 5.82 Å². The van der Waals surface area contributed by atoms with Crippen molar-refractivity contribution in [2.24, 2.45) is 5.92 Å². The molecule has 30 heavy (non-hydrogen) atoms. The summed E-state index contributed by atoms with van der Waals surface area (Å²) in [6, 6.07) is 7.62. The van der Waals surface area contributed by atoms with Crippen molar-refractivity contribution in [3.05, 3.63) is 35.4 Å². The number of hydrogen-bond acceptors (Lipinski definition) is 6. The van der Waals surface area contributed by atoms with Crippen LogP contribution in [0.1, 0.15) is 44.7 Å². The van der Waals surface area contributed by atoms with E-state index < -0.39 is 5.60 Å². The number of amides is 1. The minimum absolute atomic E-state index is 0.223. The number of benzene rings is 1. The SMILES string of the molecule is Cc1cc(C)c(-c2ccc(N3CCC[C@H](CNC(=O)OC(C)(C)C)C3)nn2)c(O)c1. The number of aromatic nitrogens is 2. The van der Waals surface area contributed by atoms with Crippen LogP contribution < -0.4 is 10.2 Å². The quantitative estimate of drug-likeness (QED) is 0.782. The van der Waals surface area contributed by atoms with Crippen molar-refractivity contribution >= 4 is 11.9 Å². The van der Waals surface area contributed by atoms with E-state index in [2.05, 4.69) is 20.4 Å². The number of aryl methyl sites for hydroxylation is 2. The van der Waals surface area contributed by atoms with Crippen LogP contribution in [-0.4, -0.2) is 46.6 Å². The molecule has 1 aromatic heterocycles. The highest BCUT2D eigenvalue weighted by Gasteiger charge is 2.23. The monoisotopic (exact) mass is 412 g/mol. The van der Waals surface area contributed by atoms with Crippen LogP contribution >= 0.6 is 0 Å². The lowest BCUT2D eigenvalue weighted by atomic mass is 9.98. The normalized spacial score (nSPS) is 17.0. The van der Waals surface area contributed by atoms with Gasteiger partial charge in [-0.2, -0.15) is 0 Å². The van der Waals surface area contributed by atoms with Crippen molar-refractivity contribution < 1.29 is 14.6 Å². The molecule has 3 rings (SSSR count). The van der Waals surface area contributed by atoms with E-state index in [1.807, 2.05) is 52.8 Å². The van der Waals surface area contributed by atoms with Gasteiger partial charge in [0, 0.05) is 25.2 Å². The predicted octanol–water partition coefficient (Wildman–Crippen LogP) is 4.21. The van der Waals surface area contributed by atoms with Crippen molar-refractivity contribution in [3.8, 4) is 17.0 Å². The van der Waals surface area contributed by atoms with Gasteiger partial charge in [-0.3, -0.25) is 0 Å². The predicted molar refractivity (Wildman–Crippen MR) is 118 cm³/mol. The van der Waals surface area contributed by atoms with Gasteiger partial charge in [-0.25, -0.2) is 4.79 Å². The van der Waals surface area contributed by atoms with Crippen molar-refractivity contribution in [1.29, 1.82) is 0 Å². The third kappa shape index (κ3) is 5.62. The third-order valence-electron chi connectivity index (χ3n) is 5.14. The molecule has 7 heteroatoms. The second-order valence-corrected chi connectivity index (χ2v) is 9.09. The van der Waals surface area contributed by atoms with Crippen LogP contribution in [0.2, 0.25) is 0 Å². The van der Waals surface area contributed by atoms with Gasteiger partial charge < -0.3 is 20.1 Å². The lowest BCUT2D eigenvalue weighted by Crippen LogP contribution is -2.42. The molecule has 1 fully saturated rings. The van der Waals surface area contributed by atoms with Gasteiger partial charge in [0.25, 0.3) is 0 Å². The summed E-state index contributed by atoms with van der Waals surface area (Å²) in [5.41, 5.74) is 2.87. The Morgan fingerprint density at radius 2 is 2.03 bits per heavy atom. The number of carbonyl (C=O) groups is 1. The van der Waals surface area contributed by atoms with E-state index in [1.165, 1.54) is 0 Å². The van der Waals surface area contributed by atoms with Crippen molar-refractivity contribution in [2.45, 2.75) is 53.1 Å². The Kier molecular flexibility index (Phi) is 6.48. The molecule has 1 aliphatic rings. The molecule has 1 saturated heterocycles. The molecule has 7 nitrogen and oxygen atoms in total. The van der Waals surface area contributed by atoms with Crippen LogP contribution in [-0.2, 0) is 4.74 Å². The number of phenolic OH excluding ortho intramolecular Hbond substituents is 1. The van der Waals surface area contributed by atoms with Gasteiger partial charge in [0.2, 0.25) is 0 Å². The van der Waals surface area contributed by atoms with Gasteiger partial charge in [-0.05, 0) is 82.7 Å². The van der Waals surface area contributed by atoms with E-state index in [0.29, 0.717) is 18.2 Å². The number of nitrogens with zero attached hydrogens (tertiary/aromatic N) is 3. The van der Waals surface area contributed by atoms with Crippen molar-refractivity contribution in [1.82, 2.24) is 15.5 Å². The summed E-state index contributed by atoms with van der Waals surface area (Å²) in [4.78, 5) is 14.1. The lowest BCUT2D eigenvalue weighted by Gasteiger charge is -2.33. The molecule has 1 aromatic carbocycles. The highest BCUT2D eigenvalue weighted by atomic mass is 16.6. The smallest absolute Gasteiger partial charge is 0.407 e. The molecular formula is C23H32N4O3. The summed E-state index contributed by atoms with van der Waals surface area (Å²) in [7, 11) is 0. The fourth-order valence-corrected chi connectivity index (χ4v) is 3.89. The summed E-state index contributed by atoms with van der Waals surface area (Å²) in [5, 5.41) is 22.0. The highest BCUT2D eigenvalue weighted by molar-refractivity contribution is 5.71. The largest absolute Gasteiger partial charge is 0.507 e. The average Bonchev–Trinajstić information content (AvgIpc) is 2.65. The van der Waals surface area contributed by atoms with Crippen LogP contribution in [0.3, 0.4) is 0 Å². The Balaban J connectivity index is 1.63. The number of phenols is 1. The Morgan fingerprint density at radius 1 is 1.27 bits per heavy atom. The number of hydrogen-bond donors (Lipinski definition) is 2. The molecule has 0 radical (unpaired) electrons. The molecule has 2 heterocycles. The summed E-state index contributed by atoms with van der Waals surface area (Å²) in [6.07, 6.45) is 1.70. The molecule has 0 unspecified atom stereocenters. The maximum Gasteiger partial charge on any atom is 0.407 e. The minimum atomic E-state index is -0.496. The second kappa shape index (κ2) is 8.90. The van der Waals surface area contributed by atoms with E-state index in [9.17, 15) is 9.90 Å². The number of carbonyl (C=O) groups excluding carboxylic acids is 1. The molecule has 0 spiro atoms. The van der Waals surface area contributed by atoms with Gasteiger partial charge >= 0.3 is 6.09 Å². The molecule has 0 saturated carbocycles. The fraction of sp³-hybridized carbons (Fsp3) is 0.522. The first-order chi connectivity index (χ1) is 14.1. The highest BCUT2D eigenvalue weighted by Crippen LogP contribution is 2.32. The van der Waals surface area contributed by atoms with Crippen LogP contribution in [0.4, 0.5) is 10.6 Å². The van der Waals surface area contributed by atoms with Crippen LogP contribution in [0.25, 0.3) is 11.3 Å². The number of rotatable bonds is 4. The molecular weight excluding hydrogens is 380 g/mol. The van der Waals surface area contributed by atoms with Gasteiger partial charge in [0.05, 0.1) is 5.69 Å². The Hall–Kier alpha value is -2.83. The first-order valence-corrected chi connectivity index (χ1v) is 10.5. The van der Waals surface area contributed by atoms with Gasteiger partial charge in [0.1, 0.15) is 11.4 Å². The standard InChI is InChI=1S/C23H32N4O3/c1-15-11-16(2)21(19(28)12-15)18-8-9-20(26-25-18)27-10-6-7-17(14-27)13-24-22(29)30-23(3,4)5/h8-9,11-12,17,28H,6-7,10,13-14H2,1-5H3,(H,24,29)/t17-/m1/s1. The Labute approximate surface area is 178 Å². The molecule has 0 aliphatic carbocycles. The van der Waals surface area contributed by atoms with E-state index in [1.54, 1.807) is 6.07 Å². The molecule has 0 bridgehead atoms. The number of nitrogens with one attached hydrogen (secondary N) is 1. The Bertz CT molecular complexity index is 867. The number of piperidine rings is 1. The van der Waals surface area contributed by atoms with Crippen LogP contribution in [0.15, 0.2) is 24.3 Å². The number of alkyl carbamates (subject to hydrolysis) is 1. The first kappa shape index (κ1) is 21.9. The maximum atomic E-state index is 11.9. The molecule has 162 valence electrons. The van der Waals surface area contributed by atoms with E-state index >= 15 is 0 Å². The third-order valence-corrected chi connectivity index (χ3v) is 5.14. The summed E-state index contributed by atoms with van der Waals surface area (Å²) in [5.74, 6) is 1.36. The summed E-state index contributed by atoms with van der Waals surface area (Å²) >= 11 is 0. The number of aromatic hydroxyl groups is 1.